The molecule has 1 aromatic carbocycles. The third-order valence-electron chi connectivity index (χ3n) is 6.18. The summed E-state index contributed by atoms with van der Waals surface area (Å²) in [7, 11) is 1.91. The van der Waals surface area contributed by atoms with E-state index in [9.17, 15) is 4.79 Å². The molecule has 0 unspecified atom stereocenters. The highest BCUT2D eigenvalue weighted by Gasteiger charge is 2.23. The minimum absolute atomic E-state index is 0.0250. The third-order valence-corrected chi connectivity index (χ3v) is 6.18. The maximum atomic E-state index is 12.4. The second-order valence-corrected chi connectivity index (χ2v) is 8.67. The minimum atomic E-state index is -0.0250. The molecule has 0 aliphatic heterocycles. The largest absolute Gasteiger partial charge is 0.361 e. The molecule has 0 atom stereocenters. The summed E-state index contributed by atoms with van der Waals surface area (Å²) in [6.07, 6.45) is 11.2. The standard InChI is InChI=1S/C26H24N8O/c1-33-21(10-13-30-33)14-28-24-25-29-15-23(34(25)16-22(32-24)17-8-11-27-12-9-17)18-2-4-19(5-3-18)26(35)31-20-6-7-20/h2-5,8-13,15-16,20H,6-7,14H2,1H3,(H,28,32)(H,31,35). The molecule has 4 aromatic heterocycles. The predicted octanol–water partition coefficient (Wildman–Crippen LogP) is 3.70. The van der Waals surface area contributed by atoms with E-state index >= 15 is 0 Å². The van der Waals surface area contributed by atoms with Crippen LogP contribution in [0.25, 0.3) is 28.2 Å². The van der Waals surface area contributed by atoms with Gasteiger partial charge in [-0.2, -0.15) is 5.10 Å². The van der Waals surface area contributed by atoms with Crippen molar-refractivity contribution in [3.63, 3.8) is 0 Å². The number of rotatable bonds is 7. The Balaban J connectivity index is 1.38. The lowest BCUT2D eigenvalue weighted by atomic mass is 10.1. The molecular formula is C26H24N8O. The van der Waals surface area contributed by atoms with Gasteiger partial charge in [-0.3, -0.25) is 18.9 Å². The molecule has 0 saturated heterocycles. The first-order valence-corrected chi connectivity index (χ1v) is 11.6. The number of carbonyl (C=O) groups is 1. The molecule has 9 heteroatoms. The Bertz CT molecular complexity index is 1500. The molecule has 2 N–H and O–H groups in total. The van der Waals surface area contributed by atoms with Crippen LogP contribution in [0.15, 0.2) is 73.4 Å². The van der Waals surface area contributed by atoms with Crippen LogP contribution in [-0.2, 0) is 13.6 Å². The zero-order valence-electron chi connectivity index (χ0n) is 19.2. The Morgan fingerprint density at radius 2 is 1.83 bits per heavy atom. The zero-order valence-corrected chi connectivity index (χ0v) is 19.2. The second-order valence-electron chi connectivity index (χ2n) is 8.67. The topological polar surface area (TPSA) is 102 Å². The normalized spacial score (nSPS) is 13.2. The van der Waals surface area contributed by atoms with Crippen LogP contribution in [0.3, 0.4) is 0 Å². The first kappa shape index (κ1) is 21.0. The summed E-state index contributed by atoms with van der Waals surface area (Å²) >= 11 is 0. The number of aromatic nitrogens is 6. The van der Waals surface area contributed by atoms with Crippen molar-refractivity contribution in [2.75, 3.05) is 5.32 Å². The number of hydrogen-bond donors (Lipinski definition) is 2. The lowest BCUT2D eigenvalue weighted by molar-refractivity contribution is 0.0951. The SMILES string of the molecule is Cn1nccc1CNc1nc(-c2ccncc2)cn2c(-c3ccc(C(=O)NC4CC4)cc3)cnc12. The number of hydrogen-bond acceptors (Lipinski definition) is 6. The van der Waals surface area contributed by atoms with Crippen LogP contribution in [0, 0.1) is 0 Å². The van der Waals surface area contributed by atoms with Crippen molar-refractivity contribution in [3.05, 3.63) is 84.7 Å². The minimum Gasteiger partial charge on any atom is -0.361 e. The number of aryl methyl sites for hydroxylation is 1. The first-order valence-electron chi connectivity index (χ1n) is 11.6. The van der Waals surface area contributed by atoms with Crippen LogP contribution in [0.5, 0.6) is 0 Å². The van der Waals surface area contributed by atoms with Crippen LogP contribution in [0.2, 0.25) is 0 Å². The lowest BCUT2D eigenvalue weighted by Crippen LogP contribution is -2.25. The average Bonchev–Trinajstić information content (AvgIpc) is 3.45. The Morgan fingerprint density at radius 1 is 1.03 bits per heavy atom. The van der Waals surface area contributed by atoms with E-state index in [1.54, 1.807) is 18.6 Å². The summed E-state index contributed by atoms with van der Waals surface area (Å²) in [5, 5.41) is 10.7. The zero-order chi connectivity index (χ0) is 23.8. The highest BCUT2D eigenvalue weighted by atomic mass is 16.1. The summed E-state index contributed by atoms with van der Waals surface area (Å²) in [6.45, 7) is 0.561. The fourth-order valence-corrected chi connectivity index (χ4v) is 4.02. The molecule has 0 bridgehead atoms. The number of imidazole rings is 1. The van der Waals surface area contributed by atoms with Gasteiger partial charge in [-0.15, -0.1) is 0 Å². The Labute approximate surface area is 201 Å². The second kappa shape index (κ2) is 8.68. The van der Waals surface area contributed by atoms with Crippen LogP contribution in [0.1, 0.15) is 28.9 Å². The summed E-state index contributed by atoms with van der Waals surface area (Å²) < 4.78 is 3.86. The number of amides is 1. The molecule has 1 amide bonds. The quantitative estimate of drug-likeness (QED) is 0.381. The van der Waals surface area contributed by atoms with Gasteiger partial charge in [-0.25, -0.2) is 9.97 Å². The van der Waals surface area contributed by atoms with E-state index in [0.717, 1.165) is 46.7 Å². The van der Waals surface area contributed by atoms with Gasteiger partial charge in [0.1, 0.15) is 0 Å². The van der Waals surface area contributed by atoms with Crippen LogP contribution in [-0.4, -0.2) is 41.1 Å². The maximum absolute atomic E-state index is 12.4. The first-order chi connectivity index (χ1) is 17.2. The molecule has 174 valence electrons. The van der Waals surface area contributed by atoms with E-state index in [-0.39, 0.29) is 5.91 Å². The van der Waals surface area contributed by atoms with Crippen molar-refractivity contribution in [3.8, 4) is 22.5 Å². The molecule has 0 radical (unpaired) electrons. The van der Waals surface area contributed by atoms with Gasteiger partial charge in [-0.1, -0.05) is 12.1 Å². The Hall–Kier alpha value is -4.53. The van der Waals surface area contributed by atoms with Crippen LogP contribution >= 0.6 is 0 Å². The molecule has 35 heavy (non-hydrogen) atoms. The van der Waals surface area contributed by atoms with Gasteiger partial charge in [0.25, 0.3) is 5.91 Å². The van der Waals surface area contributed by atoms with Gasteiger partial charge in [0.2, 0.25) is 0 Å². The van der Waals surface area contributed by atoms with E-state index in [2.05, 4.69) is 25.7 Å². The van der Waals surface area contributed by atoms with Gasteiger partial charge in [-0.05, 0) is 43.2 Å². The van der Waals surface area contributed by atoms with Gasteiger partial charge in [0.15, 0.2) is 11.5 Å². The Kier molecular flexibility index (Phi) is 5.21. The highest BCUT2D eigenvalue weighted by Crippen LogP contribution is 2.28. The molecule has 5 aromatic rings. The summed E-state index contributed by atoms with van der Waals surface area (Å²) in [4.78, 5) is 26.1. The molecular weight excluding hydrogens is 440 g/mol. The van der Waals surface area contributed by atoms with Crippen molar-refractivity contribution in [1.29, 1.82) is 0 Å². The van der Waals surface area contributed by atoms with Gasteiger partial charge >= 0.3 is 0 Å². The third kappa shape index (κ3) is 4.23. The van der Waals surface area contributed by atoms with E-state index < -0.39 is 0 Å². The summed E-state index contributed by atoms with van der Waals surface area (Å²) in [6, 6.07) is 13.8. The number of carbonyl (C=O) groups excluding carboxylic acids is 1. The van der Waals surface area contributed by atoms with Crippen molar-refractivity contribution in [2.24, 2.45) is 7.05 Å². The van der Waals surface area contributed by atoms with Crippen molar-refractivity contribution in [1.82, 2.24) is 34.4 Å². The molecule has 1 aliphatic rings. The molecule has 4 heterocycles. The number of nitrogens with zero attached hydrogens (tertiary/aromatic N) is 6. The van der Waals surface area contributed by atoms with Crippen molar-refractivity contribution >= 4 is 17.4 Å². The number of fused-ring (bicyclic) bond motifs is 1. The highest BCUT2D eigenvalue weighted by molar-refractivity contribution is 5.95. The van der Waals surface area contributed by atoms with Crippen LogP contribution < -0.4 is 10.6 Å². The number of benzene rings is 1. The number of pyridine rings is 1. The van der Waals surface area contributed by atoms with Crippen molar-refractivity contribution in [2.45, 2.75) is 25.4 Å². The van der Waals surface area contributed by atoms with Gasteiger partial charge in [0, 0.05) is 54.6 Å². The predicted molar refractivity (Wildman–Crippen MR) is 133 cm³/mol. The smallest absolute Gasteiger partial charge is 0.251 e. The summed E-state index contributed by atoms with van der Waals surface area (Å²) in [5.74, 6) is 0.648. The Morgan fingerprint density at radius 3 is 2.54 bits per heavy atom. The van der Waals surface area contributed by atoms with E-state index in [1.807, 2.05) is 71.0 Å². The van der Waals surface area contributed by atoms with E-state index in [0.29, 0.717) is 24.0 Å². The molecule has 1 fully saturated rings. The molecule has 9 nitrogen and oxygen atoms in total. The fraction of sp³-hybridized carbons (Fsp3) is 0.192. The van der Waals surface area contributed by atoms with Crippen molar-refractivity contribution < 1.29 is 4.79 Å². The van der Waals surface area contributed by atoms with E-state index in [1.165, 1.54) is 0 Å². The number of anilines is 1. The molecule has 6 rings (SSSR count). The van der Waals surface area contributed by atoms with Gasteiger partial charge in [0.05, 0.1) is 29.8 Å². The fourth-order valence-electron chi connectivity index (χ4n) is 4.02. The molecule has 1 aliphatic carbocycles. The lowest BCUT2D eigenvalue weighted by Gasteiger charge is -2.12. The van der Waals surface area contributed by atoms with Gasteiger partial charge < -0.3 is 10.6 Å². The molecule has 0 spiro atoms. The van der Waals surface area contributed by atoms with Crippen LogP contribution in [0.4, 0.5) is 5.82 Å². The summed E-state index contributed by atoms with van der Waals surface area (Å²) in [5.41, 5.74) is 6.04. The van der Waals surface area contributed by atoms with E-state index in [4.69, 9.17) is 4.98 Å². The average molecular weight is 465 g/mol. The number of nitrogens with one attached hydrogen (secondary N) is 2. The monoisotopic (exact) mass is 464 g/mol. The molecule has 1 saturated carbocycles. The maximum Gasteiger partial charge on any atom is 0.251 e.